The third-order valence-electron chi connectivity index (χ3n) is 3.69. The van der Waals surface area contributed by atoms with Crippen molar-refractivity contribution in [2.75, 3.05) is 0 Å². The molecule has 80 valence electrons. The second kappa shape index (κ2) is 4.05. The molecule has 2 aliphatic carbocycles. The van der Waals surface area contributed by atoms with Crippen LogP contribution in [0.25, 0.3) is 0 Å². The molecule has 0 aliphatic heterocycles. The normalized spacial score (nSPS) is 36.9. The minimum atomic E-state index is 0.601. The molecule has 2 saturated carbocycles. The van der Waals surface area contributed by atoms with Crippen molar-refractivity contribution in [3.63, 3.8) is 0 Å². The Morgan fingerprint density at radius 1 is 1.07 bits per heavy atom. The fraction of sp³-hybridized carbons (Fsp3) is 0.909. The van der Waals surface area contributed by atoms with Crippen molar-refractivity contribution in [2.45, 2.75) is 51.6 Å². The van der Waals surface area contributed by atoms with Gasteiger partial charge in [-0.1, -0.05) is 13.8 Å². The highest BCUT2D eigenvalue weighted by atomic mass is 32.1. The van der Waals surface area contributed by atoms with Gasteiger partial charge >= 0.3 is 0 Å². The average Bonchev–Trinajstić information content (AvgIpc) is 2.89. The fourth-order valence-corrected chi connectivity index (χ4v) is 2.51. The van der Waals surface area contributed by atoms with Crippen LogP contribution in [0.3, 0.4) is 0 Å². The third kappa shape index (κ3) is 2.38. The first-order valence-electron chi connectivity index (χ1n) is 5.74. The molecule has 0 saturated heterocycles. The van der Waals surface area contributed by atoms with Gasteiger partial charge in [-0.15, -0.1) is 0 Å². The number of thiocarbonyl (C=S) groups is 1. The predicted molar refractivity (Wildman–Crippen MR) is 63.2 cm³/mol. The zero-order valence-electron chi connectivity index (χ0n) is 9.05. The summed E-state index contributed by atoms with van der Waals surface area (Å²) in [5, 5.41) is 7.66. The third-order valence-corrected chi connectivity index (χ3v) is 3.93. The summed E-state index contributed by atoms with van der Waals surface area (Å²) in [6.07, 6.45) is 5.19. The van der Waals surface area contributed by atoms with Gasteiger partial charge in [-0.05, 0) is 49.7 Å². The Morgan fingerprint density at radius 3 is 2.29 bits per heavy atom. The van der Waals surface area contributed by atoms with Gasteiger partial charge in [-0.3, -0.25) is 0 Å². The molecule has 3 heteroatoms. The molecule has 0 spiro atoms. The van der Waals surface area contributed by atoms with Crippen LogP contribution >= 0.6 is 12.2 Å². The van der Waals surface area contributed by atoms with E-state index in [2.05, 4.69) is 24.5 Å². The average molecular weight is 212 g/mol. The van der Waals surface area contributed by atoms with Crippen LogP contribution in [-0.2, 0) is 0 Å². The Kier molecular flexibility index (Phi) is 2.96. The van der Waals surface area contributed by atoms with Crippen LogP contribution in [0.5, 0.6) is 0 Å². The van der Waals surface area contributed by atoms with Crippen LogP contribution in [0.4, 0.5) is 0 Å². The van der Waals surface area contributed by atoms with Gasteiger partial charge in [0.15, 0.2) is 5.11 Å². The zero-order valence-corrected chi connectivity index (χ0v) is 9.86. The lowest BCUT2D eigenvalue weighted by atomic mass is 9.98. The molecule has 0 aromatic heterocycles. The van der Waals surface area contributed by atoms with E-state index in [9.17, 15) is 0 Å². The molecule has 2 nitrogen and oxygen atoms in total. The van der Waals surface area contributed by atoms with Gasteiger partial charge in [0.2, 0.25) is 0 Å². The first kappa shape index (κ1) is 10.2. The van der Waals surface area contributed by atoms with Crippen molar-refractivity contribution in [3.8, 4) is 0 Å². The Bertz CT molecular complexity index is 225. The zero-order chi connectivity index (χ0) is 10.1. The van der Waals surface area contributed by atoms with Crippen LogP contribution in [0.15, 0.2) is 0 Å². The minimum absolute atomic E-state index is 0.601. The second-order valence-corrected chi connectivity index (χ2v) is 5.32. The van der Waals surface area contributed by atoms with Gasteiger partial charge in [-0.25, -0.2) is 0 Å². The quantitative estimate of drug-likeness (QED) is 0.685. The number of hydrogen-bond donors (Lipinski definition) is 2. The van der Waals surface area contributed by atoms with Gasteiger partial charge in [0.05, 0.1) is 0 Å². The Morgan fingerprint density at radius 2 is 1.79 bits per heavy atom. The van der Waals surface area contributed by atoms with E-state index in [-0.39, 0.29) is 0 Å². The lowest BCUT2D eigenvalue weighted by molar-refractivity contribution is 0.401. The highest BCUT2D eigenvalue weighted by molar-refractivity contribution is 7.80. The Balaban J connectivity index is 1.75. The summed E-state index contributed by atoms with van der Waals surface area (Å²) in [6.45, 7) is 4.67. The summed E-state index contributed by atoms with van der Waals surface area (Å²) in [7, 11) is 0. The highest BCUT2D eigenvalue weighted by Crippen LogP contribution is 2.31. The van der Waals surface area contributed by atoms with E-state index in [4.69, 9.17) is 12.2 Å². The largest absolute Gasteiger partial charge is 0.360 e. The summed E-state index contributed by atoms with van der Waals surface area (Å²) in [5.74, 6) is 1.60. The lowest BCUT2D eigenvalue weighted by Crippen LogP contribution is -2.44. The van der Waals surface area contributed by atoms with Crippen LogP contribution in [0.1, 0.15) is 39.5 Å². The molecule has 3 atom stereocenters. The van der Waals surface area contributed by atoms with E-state index >= 15 is 0 Å². The maximum absolute atomic E-state index is 5.28. The first-order valence-corrected chi connectivity index (χ1v) is 6.14. The molecule has 0 amide bonds. The topological polar surface area (TPSA) is 24.1 Å². The van der Waals surface area contributed by atoms with Crippen LogP contribution in [0, 0.1) is 11.8 Å². The Hall–Kier alpha value is -0.310. The van der Waals surface area contributed by atoms with E-state index in [1.54, 1.807) is 0 Å². The van der Waals surface area contributed by atoms with Crippen molar-refractivity contribution in [1.82, 2.24) is 10.6 Å². The molecule has 0 bridgehead atoms. The molecule has 0 radical (unpaired) electrons. The highest BCUT2D eigenvalue weighted by Gasteiger charge is 2.30. The molecular formula is C11H20N2S. The van der Waals surface area contributed by atoms with E-state index in [0.717, 1.165) is 16.9 Å². The van der Waals surface area contributed by atoms with Crippen LogP contribution in [0.2, 0.25) is 0 Å². The summed E-state index contributed by atoms with van der Waals surface area (Å²) < 4.78 is 0. The molecule has 3 unspecified atom stereocenters. The minimum Gasteiger partial charge on any atom is -0.360 e. The summed E-state index contributed by atoms with van der Waals surface area (Å²) >= 11 is 5.28. The molecule has 2 N–H and O–H groups in total. The molecule has 2 fully saturated rings. The number of rotatable bonds is 2. The Labute approximate surface area is 91.8 Å². The smallest absolute Gasteiger partial charge is 0.166 e. The van der Waals surface area contributed by atoms with Gasteiger partial charge in [0.25, 0.3) is 0 Å². The van der Waals surface area contributed by atoms with Crippen molar-refractivity contribution < 1.29 is 0 Å². The van der Waals surface area contributed by atoms with E-state index in [1.165, 1.54) is 25.7 Å². The predicted octanol–water partition coefficient (Wildman–Crippen LogP) is 2.05. The maximum Gasteiger partial charge on any atom is 0.166 e. The molecular weight excluding hydrogens is 192 g/mol. The van der Waals surface area contributed by atoms with Crippen LogP contribution in [-0.4, -0.2) is 17.2 Å². The number of hydrogen-bond acceptors (Lipinski definition) is 1. The fourth-order valence-electron chi connectivity index (χ4n) is 2.19. The lowest BCUT2D eigenvalue weighted by Gasteiger charge is -2.21. The molecule has 0 aromatic carbocycles. The monoisotopic (exact) mass is 212 g/mol. The molecule has 0 aromatic rings. The van der Waals surface area contributed by atoms with E-state index in [0.29, 0.717) is 12.1 Å². The second-order valence-electron chi connectivity index (χ2n) is 4.91. The summed E-state index contributed by atoms with van der Waals surface area (Å²) in [5.41, 5.74) is 0. The standard InChI is InChI=1S/C11H20N2S/c1-7-3-6-10(8(7)2)13-11(14)12-9-4-5-9/h7-10H,3-6H2,1-2H3,(H2,12,13,14). The van der Waals surface area contributed by atoms with Crippen LogP contribution < -0.4 is 10.6 Å². The molecule has 2 rings (SSSR count). The van der Waals surface area contributed by atoms with Crippen molar-refractivity contribution in [1.29, 1.82) is 0 Å². The van der Waals surface area contributed by atoms with Crippen molar-refractivity contribution >= 4 is 17.3 Å². The summed E-state index contributed by atoms with van der Waals surface area (Å²) in [4.78, 5) is 0. The van der Waals surface area contributed by atoms with E-state index in [1.807, 2.05) is 0 Å². The summed E-state index contributed by atoms with van der Waals surface area (Å²) in [6, 6.07) is 1.27. The first-order chi connectivity index (χ1) is 6.66. The number of nitrogens with one attached hydrogen (secondary N) is 2. The molecule has 2 aliphatic rings. The van der Waals surface area contributed by atoms with E-state index < -0.39 is 0 Å². The van der Waals surface area contributed by atoms with Crippen molar-refractivity contribution in [2.24, 2.45) is 11.8 Å². The van der Waals surface area contributed by atoms with Crippen molar-refractivity contribution in [3.05, 3.63) is 0 Å². The molecule has 14 heavy (non-hydrogen) atoms. The SMILES string of the molecule is CC1CCC(NC(=S)NC2CC2)C1C. The van der Waals surface area contributed by atoms with Gasteiger partial charge in [-0.2, -0.15) is 0 Å². The van der Waals surface area contributed by atoms with Gasteiger partial charge in [0, 0.05) is 12.1 Å². The van der Waals surface area contributed by atoms with Gasteiger partial charge < -0.3 is 10.6 Å². The molecule has 0 heterocycles. The van der Waals surface area contributed by atoms with Gasteiger partial charge in [0.1, 0.15) is 0 Å². The maximum atomic E-state index is 5.28.